The number of ether oxygens (including phenoxy) is 1. The molecule has 0 bridgehead atoms. The molecule has 1 aliphatic heterocycles. The SMILES string of the molecule is CCSc1ccc(C(=O)C2CC(C)(C)OC2(C)C)cc1. The first-order chi connectivity index (χ1) is 9.25. The highest BCUT2D eigenvalue weighted by Gasteiger charge is 2.49. The molecule has 1 aromatic carbocycles. The van der Waals surface area contributed by atoms with Crippen LogP contribution in [0.5, 0.6) is 0 Å². The predicted molar refractivity (Wildman–Crippen MR) is 84.5 cm³/mol. The van der Waals surface area contributed by atoms with Crippen LogP contribution in [0.4, 0.5) is 0 Å². The van der Waals surface area contributed by atoms with E-state index in [0.717, 1.165) is 17.7 Å². The Morgan fingerprint density at radius 3 is 2.30 bits per heavy atom. The number of carbonyl (C=O) groups is 1. The highest BCUT2D eigenvalue weighted by Crippen LogP contribution is 2.43. The average Bonchev–Trinajstić information content (AvgIpc) is 2.58. The molecule has 0 aliphatic carbocycles. The maximum absolute atomic E-state index is 12.7. The summed E-state index contributed by atoms with van der Waals surface area (Å²) < 4.78 is 6.03. The van der Waals surface area contributed by atoms with Crippen molar-refractivity contribution >= 4 is 17.5 Å². The van der Waals surface area contributed by atoms with E-state index >= 15 is 0 Å². The van der Waals surface area contributed by atoms with Gasteiger partial charge in [0.15, 0.2) is 5.78 Å². The number of carbonyl (C=O) groups excluding carboxylic acids is 1. The van der Waals surface area contributed by atoms with Crippen molar-refractivity contribution in [3.8, 4) is 0 Å². The number of thioether (sulfide) groups is 1. The van der Waals surface area contributed by atoms with Gasteiger partial charge in [0, 0.05) is 10.5 Å². The van der Waals surface area contributed by atoms with Gasteiger partial charge in [-0.1, -0.05) is 19.1 Å². The minimum atomic E-state index is -0.391. The summed E-state index contributed by atoms with van der Waals surface area (Å²) in [6, 6.07) is 7.97. The number of hydrogen-bond donors (Lipinski definition) is 0. The molecule has 2 nitrogen and oxygen atoms in total. The average molecular weight is 292 g/mol. The van der Waals surface area contributed by atoms with E-state index in [1.54, 1.807) is 11.8 Å². The minimum absolute atomic E-state index is 0.0674. The quantitative estimate of drug-likeness (QED) is 0.600. The third-order valence-corrected chi connectivity index (χ3v) is 4.73. The van der Waals surface area contributed by atoms with Crippen LogP contribution in [-0.2, 0) is 4.74 Å². The lowest BCUT2D eigenvalue weighted by Gasteiger charge is -2.26. The van der Waals surface area contributed by atoms with Crippen molar-refractivity contribution in [2.45, 2.75) is 57.1 Å². The molecule has 20 heavy (non-hydrogen) atoms. The number of hydrogen-bond acceptors (Lipinski definition) is 3. The molecule has 1 fully saturated rings. The fraction of sp³-hybridized carbons (Fsp3) is 0.588. The first kappa shape index (κ1) is 15.6. The van der Waals surface area contributed by atoms with E-state index < -0.39 is 5.60 Å². The summed E-state index contributed by atoms with van der Waals surface area (Å²) in [5.41, 5.74) is 0.184. The highest BCUT2D eigenvalue weighted by molar-refractivity contribution is 7.99. The smallest absolute Gasteiger partial charge is 0.168 e. The molecule has 0 spiro atoms. The van der Waals surface area contributed by atoms with Crippen LogP contribution in [0.15, 0.2) is 29.2 Å². The van der Waals surface area contributed by atoms with Crippen LogP contribution in [-0.4, -0.2) is 22.7 Å². The summed E-state index contributed by atoms with van der Waals surface area (Å²) in [6.45, 7) is 10.3. The lowest BCUT2D eigenvalue weighted by Crippen LogP contribution is -2.33. The van der Waals surface area contributed by atoms with Gasteiger partial charge in [-0.25, -0.2) is 0 Å². The van der Waals surface area contributed by atoms with Gasteiger partial charge < -0.3 is 4.74 Å². The van der Waals surface area contributed by atoms with Crippen LogP contribution < -0.4 is 0 Å². The third kappa shape index (κ3) is 3.26. The van der Waals surface area contributed by atoms with Crippen molar-refractivity contribution in [2.24, 2.45) is 5.92 Å². The topological polar surface area (TPSA) is 26.3 Å². The standard InChI is InChI=1S/C17H24O2S/c1-6-20-13-9-7-12(8-10-13)15(18)14-11-16(2,3)19-17(14,4)5/h7-10,14H,6,11H2,1-5H3. The second-order valence-electron chi connectivity index (χ2n) is 6.54. The molecule has 1 aromatic rings. The monoisotopic (exact) mass is 292 g/mol. The Hall–Kier alpha value is -0.800. The fourth-order valence-electron chi connectivity index (χ4n) is 3.05. The van der Waals surface area contributed by atoms with Crippen molar-refractivity contribution in [3.63, 3.8) is 0 Å². The normalized spacial score (nSPS) is 23.8. The van der Waals surface area contributed by atoms with Crippen LogP contribution >= 0.6 is 11.8 Å². The number of Topliss-reactive ketones (excluding diaryl/α,β-unsaturated/α-hetero) is 1. The molecule has 0 N–H and O–H groups in total. The summed E-state index contributed by atoms with van der Waals surface area (Å²) in [4.78, 5) is 13.9. The lowest BCUT2D eigenvalue weighted by molar-refractivity contribution is -0.0712. The molecular weight excluding hydrogens is 268 g/mol. The Kier molecular flexibility index (Phi) is 4.31. The minimum Gasteiger partial charge on any atom is -0.369 e. The van der Waals surface area contributed by atoms with Gasteiger partial charge in [0.1, 0.15) is 0 Å². The second-order valence-corrected chi connectivity index (χ2v) is 7.88. The van der Waals surface area contributed by atoms with E-state index in [1.165, 1.54) is 4.90 Å². The maximum atomic E-state index is 12.7. The molecule has 2 rings (SSSR count). The molecular formula is C17H24O2S. The Morgan fingerprint density at radius 2 is 1.85 bits per heavy atom. The Bertz CT molecular complexity index is 488. The number of ketones is 1. The molecule has 0 aromatic heterocycles. The Morgan fingerprint density at radius 1 is 1.25 bits per heavy atom. The van der Waals surface area contributed by atoms with Gasteiger partial charge in [-0.05, 0) is 52.0 Å². The first-order valence-electron chi connectivity index (χ1n) is 7.22. The summed E-state index contributed by atoms with van der Waals surface area (Å²) in [5.74, 6) is 1.18. The zero-order valence-corrected chi connectivity index (χ0v) is 13.8. The summed E-state index contributed by atoms with van der Waals surface area (Å²) in [5, 5.41) is 0. The Labute approximate surface area is 126 Å². The fourth-order valence-corrected chi connectivity index (χ4v) is 3.72. The van der Waals surface area contributed by atoms with Crippen molar-refractivity contribution < 1.29 is 9.53 Å². The molecule has 110 valence electrons. The number of benzene rings is 1. The van der Waals surface area contributed by atoms with Crippen molar-refractivity contribution in [3.05, 3.63) is 29.8 Å². The van der Waals surface area contributed by atoms with Crippen molar-refractivity contribution in [1.29, 1.82) is 0 Å². The van der Waals surface area contributed by atoms with Crippen LogP contribution in [0.25, 0.3) is 0 Å². The molecule has 3 heteroatoms. The lowest BCUT2D eigenvalue weighted by atomic mass is 9.82. The molecule has 0 saturated carbocycles. The van der Waals surface area contributed by atoms with Crippen molar-refractivity contribution in [2.75, 3.05) is 5.75 Å². The van der Waals surface area contributed by atoms with E-state index in [0.29, 0.717) is 0 Å². The van der Waals surface area contributed by atoms with Gasteiger partial charge in [-0.15, -0.1) is 11.8 Å². The molecule has 1 saturated heterocycles. The summed E-state index contributed by atoms with van der Waals surface area (Å²) >= 11 is 1.79. The van der Waals surface area contributed by atoms with Gasteiger partial charge in [0.2, 0.25) is 0 Å². The van der Waals surface area contributed by atoms with Crippen molar-refractivity contribution in [1.82, 2.24) is 0 Å². The van der Waals surface area contributed by atoms with Gasteiger partial charge in [-0.2, -0.15) is 0 Å². The molecule has 1 aliphatic rings. The molecule has 0 radical (unpaired) electrons. The van der Waals surface area contributed by atoms with Crippen LogP contribution in [0.3, 0.4) is 0 Å². The molecule has 1 atom stereocenters. The first-order valence-corrected chi connectivity index (χ1v) is 8.21. The van der Waals surface area contributed by atoms with Gasteiger partial charge in [0.05, 0.1) is 17.1 Å². The van der Waals surface area contributed by atoms with Crippen LogP contribution in [0.1, 0.15) is 51.4 Å². The van der Waals surface area contributed by atoms with Gasteiger partial charge >= 0.3 is 0 Å². The zero-order valence-electron chi connectivity index (χ0n) is 13.0. The molecule has 0 amide bonds. The second kappa shape index (κ2) is 5.53. The Balaban J connectivity index is 2.19. The van der Waals surface area contributed by atoms with Crippen LogP contribution in [0.2, 0.25) is 0 Å². The van der Waals surface area contributed by atoms with E-state index in [2.05, 4.69) is 20.8 Å². The predicted octanol–water partition coefficient (Wildman–Crippen LogP) is 4.58. The van der Waals surface area contributed by atoms with E-state index in [4.69, 9.17) is 4.74 Å². The maximum Gasteiger partial charge on any atom is 0.168 e. The van der Waals surface area contributed by atoms with Crippen LogP contribution in [0, 0.1) is 5.92 Å². The third-order valence-electron chi connectivity index (χ3n) is 3.84. The number of rotatable bonds is 4. The molecule has 1 heterocycles. The highest BCUT2D eigenvalue weighted by atomic mass is 32.2. The van der Waals surface area contributed by atoms with E-state index in [1.807, 2.05) is 38.1 Å². The summed E-state index contributed by atoms with van der Waals surface area (Å²) in [7, 11) is 0. The van der Waals surface area contributed by atoms with E-state index in [-0.39, 0.29) is 17.3 Å². The van der Waals surface area contributed by atoms with Gasteiger partial charge in [0.25, 0.3) is 0 Å². The van der Waals surface area contributed by atoms with Gasteiger partial charge in [-0.3, -0.25) is 4.79 Å². The van der Waals surface area contributed by atoms with E-state index in [9.17, 15) is 4.79 Å². The summed E-state index contributed by atoms with van der Waals surface area (Å²) in [6.07, 6.45) is 0.782. The zero-order chi connectivity index (χ0) is 15.0. The largest absolute Gasteiger partial charge is 0.369 e. The molecule has 1 unspecified atom stereocenters.